The Balaban J connectivity index is 2.80. The second-order valence-corrected chi connectivity index (χ2v) is 5.11. The van der Waals surface area contributed by atoms with Gasteiger partial charge in [-0.25, -0.2) is 0 Å². The minimum Gasteiger partial charge on any atom is -0.468 e. The summed E-state index contributed by atoms with van der Waals surface area (Å²) in [5.74, 6) is -2.05. The van der Waals surface area contributed by atoms with Gasteiger partial charge >= 0.3 is 11.9 Å². The first-order chi connectivity index (χ1) is 8.60. The molecule has 0 amide bonds. The summed E-state index contributed by atoms with van der Waals surface area (Å²) >= 11 is 1.44. The van der Waals surface area contributed by atoms with Crippen molar-refractivity contribution in [2.45, 2.75) is 17.1 Å². The van der Waals surface area contributed by atoms with E-state index in [9.17, 15) is 9.59 Å². The molecule has 0 aliphatic heterocycles. The van der Waals surface area contributed by atoms with E-state index in [1.807, 2.05) is 30.3 Å². The summed E-state index contributed by atoms with van der Waals surface area (Å²) in [6, 6.07) is 9.56. The van der Waals surface area contributed by atoms with Gasteiger partial charge in [-0.2, -0.15) is 0 Å². The average Bonchev–Trinajstić information content (AvgIpc) is 2.39. The molecule has 0 saturated heterocycles. The maximum atomic E-state index is 11.6. The smallest absolute Gasteiger partial charge is 0.321 e. The number of thioether (sulfide) groups is 1. The topological polar surface area (TPSA) is 52.6 Å². The van der Waals surface area contributed by atoms with Gasteiger partial charge in [-0.15, -0.1) is 11.8 Å². The van der Waals surface area contributed by atoms with Gasteiger partial charge in [0, 0.05) is 10.1 Å². The Morgan fingerprint density at radius 3 is 2.00 bits per heavy atom. The van der Waals surface area contributed by atoms with E-state index in [4.69, 9.17) is 0 Å². The Morgan fingerprint density at radius 2 is 1.56 bits per heavy atom. The third kappa shape index (κ3) is 3.77. The van der Waals surface area contributed by atoms with E-state index < -0.39 is 17.9 Å². The lowest BCUT2D eigenvalue weighted by Gasteiger charge is -2.19. The van der Waals surface area contributed by atoms with Gasteiger partial charge in [0.25, 0.3) is 0 Å². The van der Waals surface area contributed by atoms with Crippen LogP contribution in [0.2, 0.25) is 0 Å². The number of benzene rings is 1. The zero-order chi connectivity index (χ0) is 13.5. The molecule has 0 bridgehead atoms. The van der Waals surface area contributed by atoms with Crippen LogP contribution in [-0.2, 0) is 19.1 Å². The molecule has 0 radical (unpaired) electrons. The van der Waals surface area contributed by atoms with Crippen LogP contribution in [0, 0.1) is 5.92 Å². The van der Waals surface area contributed by atoms with Gasteiger partial charge in [0.15, 0.2) is 5.92 Å². The molecule has 0 heterocycles. The zero-order valence-electron chi connectivity index (χ0n) is 10.6. The van der Waals surface area contributed by atoms with Crippen LogP contribution in [0.25, 0.3) is 0 Å². The molecule has 1 aromatic rings. The highest BCUT2D eigenvalue weighted by Gasteiger charge is 2.34. The first-order valence-corrected chi connectivity index (χ1v) is 6.35. The minimum atomic E-state index is -0.912. The van der Waals surface area contributed by atoms with Gasteiger partial charge in [-0.3, -0.25) is 9.59 Å². The van der Waals surface area contributed by atoms with Gasteiger partial charge in [0.2, 0.25) is 0 Å². The summed E-state index contributed by atoms with van der Waals surface area (Å²) < 4.78 is 9.28. The van der Waals surface area contributed by atoms with E-state index >= 15 is 0 Å². The van der Waals surface area contributed by atoms with Crippen molar-refractivity contribution < 1.29 is 19.1 Å². The highest BCUT2D eigenvalue weighted by molar-refractivity contribution is 8.00. The van der Waals surface area contributed by atoms with Crippen LogP contribution in [0.5, 0.6) is 0 Å². The number of carbonyl (C=O) groups is 2. The normalized spacial score (nSPS) is 12.0. The quantitative estimate of drug-likeness (QED) is 0.465. The monoisotopic (exact) mass is 268 g/mol. The van der Waals surface area contributed by atoms with E-state index in [1.54, 1.807) is 6.92 Å². The van der Waals surface area contributed by atoms with Gasteiger partial charge in [-0.05, 0) is 12.1 Å². The Kier molecular flexibility index (Phi) is 5.71. The number of esters is 2. The minimum absolute atomic E-state index is 0.257. The highest BCUT2D eigenvalue weighted by atomic mass is 32.2. The third-order valence-electron chi connectivity index (χ3n) is 2.44. The predicted octanol–water partition coefficient (Wildman–Crippen LogP) is 2.13. The van der Waals surface area contributed by atoms with Crippen molar-refractivity contribution in [3.8, 4) is 0 Å². The summed E-state index contributed by atoms with van der Waals surface area (Å²) in [6.45, 7) is 1.80. The fraction of sp³-hybridized carbons (Fsp3) is 0.385. The molecule has 0 aliphatic carbocycles. The Morgan fingerprint density at radius 1 is 1.06 bits per heavy atom. The number of rotatable bonds is 5. The van der Waals surface area contributed by atoms with E-state index in [2.05, 4.69) is 9.47 Å². The van der Waals surface area contributed by atoms with Crippen molar-refractivity contribution in [1.29, 1.82) is 0 Å². The summed E-state index contributed by atoms with van der Waals surface area (Å²) in [6.07, 6.45) is 0. The van der Waals surface area contributed by atoms with Gasteiger partial charge in [-0.1, -0.05) is 25.1 Å². The van der Waals surface area contributed by atoms with Crippen LogP contribution < -0.4 is 0 Å². The number of ether oxygens (including phenoxy) is 2. The summed E-state index contributed by atoms with van der Waals surface area (Å²) in [5.41, 5.74) is 0. The first kappa shape index (κ1) is 14.6. The fourth-order valence-corrected chi connectivity index (χ4v) is 2.62. The standard InChI is InChI=1S/C13H16O4S/c1-9(18-10-7-5-4-6-8-10)11(12(14)16-2)13(15)17-3/h4-9,11H,1-3H3. The second kappa shape index (κ2) is 7.06. The SMILES string of the molecule is COC(=O)C(C(=O)OC)C(C)Sc1ccccc1. The molecule has 0 aromatic heterocycles. The zero-order valence-corrected chi connectivity index (χ0v) is 11.4. The van der Waals surface area contributed by atoms with Crippen molar-refractivity contribution in [1.82, 2.24) is 0 Å². The summed E-state index contributed by atoms with van der Waals surface area (Å²) in [7, 11) is 2.52. The first-order valence-electron chi connectivity index (χ1n) is 5.47. The molecule has 0 fully saturated rings. The van der Waals surface area contributed by atoms with Crippen LogP contribution >= 0.6 is 11.8 Å². The van der Waals surface area contributed by atoms with Crippen molar-refractivity contribution >= 4 is 23.7 Å². The molecule has 4 nitrogen and oxygen atoms in total. The second-order valence-electron chi connectivity index (χ2n) is 3.66. The maximum Gasteiger partial charge on any atom is 0.321 e. The molecule has 5 heteroatoms. The number of methoxy groups -OCH3 is 2. The van der Waals surface area contributed by atoms with Gasteiger partial charge in [0.1, 0.15) is 0 Å². The lowest BCUT2D eigenvalue weighted by Crippen LogP contribution is -2.33. The molecular formula is C13H16O4S. The molecule has 0 spiro atoms. The van der Waals surface area contributed by atoms with Crippen LogP contribution in [0.15, 0.2) is 35.2 Å². The highest BCUT2D eigenvalue weighted by Crippen LogP contribution is 2.29. The lowest BCUT2D eigenvalue weighted by molar-refractivity contribution is -0.158. The van der Waals surface area contributed by atoms with Crippen molar-refractivity contribution in [2.24, 2.45) is 5.92 Å². The van der Waals surface area contributed by atoms with Crippen LogP contribution in [0.3, 0.4) is 0 Å². The Bertz CT molecular complexity index is 389. The molecule has 1 rings (SSSR count). The number of carbonyl (C=O) groups excluding carboxylic acids is 2. The van der Waals surface area contributed by atoms with Gasteiger partial charge in [0.05, 0.1) is 14.2 Å². The van der Waals surface area contributed by atoms with Crippen molar-refractivity contribution in [2.75, 3.05) is 14.2 Å². The molecule has 1 unspecified atom stereocenters. The lowest BCUT2D eigenvalue weighted by atomic mass is 10.1. The largest absolute Gasteiger partial charge is 0.468 e. The number of hydrogen-bond acceptors (Lipinski definition) is 5. The molecule has 18 heavy (non-hydrogen) atoms. The van der Waals surface area contributed by atoms with Crippen molar-refractivity contribution in [3.63, 3.8) is 0 Å². The molecule has 0 aliphatic rings. The number of hydrogen-bond donors (Lipinski definition) is 0. The van der Waals surface area contributed by atoms with E-state index in [0.29, 0.717) is 0 Å². The molecular weight excluding hydrogens is 252 g/mol. The van der Waals surface area contributed by atoms with E-state index in [0.717, 1.165) is 4.90 Å². The van der Waals surface area contributed by atoms with Crippen LogP contribution in [0.1, 0.15) is 6.92 Å². The molecule has 0 N–H and O–H groups in total. The molecule has 1 atom stereocenters. The third-order valence-corrected chi connectivity index (χ3v) is 3.63. The summed E-state index contributed by atoms with van der Waals surface area (Å²) in [4.78, 5) is 24.2. The van der Waals surface area contributed by atoms with Crippen molar-refractivity contribution in [3.05, 3.63) is 30.3 Å². The average molecular weight is 268 g/mol. The molecule has 1 aromatic carbocycles. The van der Waals surface area contributed by atoms with Crippen LogP contribution in [0.4, 0.5) is 0 Å². The Labute approximate surface area is 111 Å². The molecule has 98 valence electrons. The van der Waals surface area contributed by atoms with E-state index in [1.165, 1.54) is 26.0 Å². The Hall–Kier alpha value is -1.49. The van der Waals surface area contributed by atoms with E-state index in [-0.39, 0.29) is 5.25 Å². The predicted molar refractivity (Wildman–Crippen MR) is 69.3 cm³/mol. The van der Waals surface area contributed by atoms with Gasteiger partial charge < -0.3 is 9.47 Å². The summed E-state index contributed by atoms with van der Waals surface area (Å²) in [5, 5.41) is -0.257. The maximum absolute atomic E-state index is 11.6. The van der Waals surface area contributed by atoms with Crippen LogP contribution in [-0.4, -0.2) is 31.4 Å². The fourth-order valence-electron chi connectivity index (χ4n) is 1.52. The molecule has 0 saturated carbocycles.